The smallest absolute Gasteiger partial charge is 0.338 e. The van der Waals surface area contributed by atoms with Crippen molar-refractivity contribution in [2.45, 2.75) is 23.6 Å². The Morgan fingerprint density at radius 1 is 1.03 bits per heavy atom. The fourth-order valence-electron chi connectivity index (χ4n) is 4.11. The molecule has 1 N–H and O–H groups in total. The number of alkyl halides is 2. The van der Waals surface area contributed by atoms with E-state index in [0.717, 1.165) is 9.37 Å². The number of ether oxygens (including phenoxy) is 1. The summed E-state index contributed by atoms with van der Waals surface area (Å²) in [6.45, 7) is -0.546. The standard InChI is InChI=1S/C23H18BrCl3N2O5/c24-12-4-5-19(18(27)7-12)28-20(30)10-34-23(33)11-2-1-3-13(6-11)29-21(31)14-8-16(25)17(26)9-15(14)22(29)32/h1-7,14-17H,8-10H2,(H,28,30)/t14-,15-,16-,17+/m1/s1. The number of anilines is 2. The van der Waals surface area contributed by atoms with E-state index in [0.29, 0.717) is 23.6 Å². The molecule has 0 aromatic heterocycles. The minimum atomic E-state index is -0.781. The zero-order valence-electron chi connectivity index (χ0n) is 17.5. The summed E-state index contributed by atoms with van der Waals surface area (Å²) in [6, 6.07) is 10.9. The van der Waals surface area contributed by atoms with E-state index in [9.17, 15) is 19.2 Å². The first-order valence-corrected chi connectivity index (χ1v) is 12.4. The fourth-order valence-corrected chi connectivity index (χ4v) is 5.42. The van der Waals surface area contributed by atoms with Crippen LogP contribution in [0.2, 0.25) is 5.02 Å². The number of carbonyl (C=O) groups is 4. The van der Waals surface area contributed by atoms with Crippen molar-refractivity contribution in [1.82, 2.24) is 0 Å². The van der Waals surface area contributed by atoms with E-state index in [4.69, 9.17) is 39.5 Å². The van der Waals surface area contributed by atoms with Crippen LogP contribution in [0.1, 0.15) is 23.2 Å². The third-order valence-electron chi connectivity index (χ3n) is 5.79. The Hall–Kier alpha value is -2.13. The minimum absolute atomic E-state index is 0.0906. The number of hydrogen-bond donors (Lipinski definition) is 1. The van der Waals surface area contributed by atoms with Crippen molar-refractivity contribution in [3.8, 4) is 0 Å². The highest BCUT2D eigenvalue weighted by atomic mass is 79.9. The summed E-state index contributed by atoms with van der Waals surface area (Å²) in [7, 11) is 0. The summed E-state index contributed by atoms with van der Waals surface area (Å²) >= 11 is 21.8. The summed E-state index contributed by atoms with van der Waals surface area (Å²) in [5.41, 5.74) is 0.717. The maximum absolute atomic E-state index is 12.9. The highest BCUT2D eigenvalue weighted by molar-refractivity contribution is 9.10. The van der Waals surface area contributed by atoms with Crippen molar-refractivity contribution in [2.75, 3.05) is 16.8 Å². The van der Waals surface area contributed by atoms with Crippen molar-refractivity contribution in [3.05, 3.63) is 57.5 Å². The number of hydrogen-bond acceptors (Lipinski definition) is 5. The lowest BCUT2D eigenvalue weighted by atomic mass is 9.80. The molecule has 2 aromatic carbocycles. The average Bonchev–Trinajstić information content (AvgIpc) is 3.03. The predicted molar refractivity (Wildman–Crippen MR) is 132 cm³/mol. The molecule has 4 atom stereocenters. The van der Waals surface area contributed by atoms with Gasteiger partial charge in [-0.1, -0.05) is 33.6 Å². The van der Waals surface area contributed by atoms with Crippen LogP contribution in [0.15, 0.2) is 46.9 Å². The number of amides is 3. The van der Waals surface area contributed by atoms with Crippen LogP contribution in [0.4, 0.5) is 11.4 Å². The first-order valence-electron chi connectivity index (χ1n) is 10.3. The molecular weight excluding hydrogens is 571 g/mol. The molecule has 7 nitrogen and oxygen atoms in total. The van der Waals surface area contributed by atoms with Gasteiger partial charge in [0.15, 0.2) is 6.61 Å². The number of rotatable bonds is 5. The molecule has 1 aliphatic carbocycles. The van der Waals surface area contributed by atoms with E-state index in [1.54, 1.807) is 24.3 Å². The van der Waals surface area contributed by atoms with Crippen LogP contribution in [-0.4, -0.2) is 41.1 Å². The van der Waals surface area contributed by atoms with Crippen LogP contribution < -0.4 is 10.2 Å². The number of nitrogens with zero attached hydrogens (tertiary/aromatic N) is 1. The molecule has 1 saturated carbocycles. The number of esters is 1. The quantitative estimate of drug-likeness (QED) is 0.301. The van der Waals surface area contributed by atoms with E-state index in [2.05, 4.69) is 21.2 Å². The fraction of sp³-hybridized carbons (Fsp3) is 0.304. The van der Waals surface area contributed by atoms with Gasteiger partial charge in [-0.3, -0.25) is 19.3 Å². The van der Waals surface area contributed by atoms with Crippen molar-refractivity contribution >= 4 is 85.8 Å². The Balaban J connectivity index is 1.42. The molecular formula is C23H18BrCl3N2O5. The second kappa shape index (κ2) is 10.2. The Morgan fingerprint density at radius 3 is 2.29 bits per heavy atom. The first kappa shape index (κ1) is 25.0. The van der Waals surface area contributed by atoms with E-state index in [-0.39, 0.29) is 33.8 Å². The number of benzene rings is 2. The van der Waals surface area contributed by atoms with Crippen LogP contribution in [0, 0.1) is 11.8 Å². The van der Waals surface area contributed by atoms with Crippen molar-refractivity contribution in [3.63, 3.8) is 0 Å². The minimum Gasteiger partial charge on any atom is -0.452 e. The molecule has 1 saturated heterocycles. The maximum atomic E-state index is 12.9. The third kappa shape index (κ3) is 5.10. The lowest BCUT2D eigenvalue weighted by Gasteiger charge is -2.28. The van der Waals surface area contributed by atoms with Gasteiger partial charge in [0, 0.05) is 4.47 Å². The van der Waals surface area contributed by atoms with E-state index in [1.807, 2.05) is 0 Å². The van der Waals surface area contributed by atoms with Crippen LogP contribution in [0.25, 0.3) is 0 Å². The van der Waals surface area contributed by atoms with Crippen LogP contribution in [-0.2, 0) is 19.1 Å². The van der Waals surface area contributed by atoms with Gasteiger partial charge < -0.3 is 10.1 Å². The molecule has 2 aliphatic rings. The zero-order valence-corrected chi connectivity index (χ0v) is 21.3. The largest absolute Gasteiger partial charge is 0.452 e. The van der Waals surface area contributed by atoms with Crippen LogP contribution in [0.5, 0.6) is 0 Å². The van der Waals surface area contributed by atoms with Gasteiger partial charge in [0.05, 0.1) is 44.6 Å². The van der Waals surface area contributed by atoms with Gasteiger partial charge >= 0.3 is 5.97 Å². The Bertz CT molecular complexity index is 1150. The normalized spacial score (nSPS) is 24.1. The molecule has 0 radical (unpaired) electrons. The lowest BCUT2D eigenvalue weighted by Crippen LogP contribution is -2.34. The van der Waals surface area contributed by atoms with Crippen molar-refractivity contribution in [2.24, 2.45) is 11.8 Å². The summed E-state index contributed by atoms with van der Waals surface area (Å²) in [4.78, 5) is 51.6. The van der Waals surface area contributed by atoms with Gasteiger partial charge in [0.2, 0.25) is 11.8 Å². The van der Waals surface area contributed by atoms with Gasteiger partial charge in [0.1, 0.15) is 0 Å². The third-order valence-corrected chi connectivity index (χ3v) is 7.69. The summed E-state index contributed by atoms with van der Waals surface area (Å²) in [6.07, 6.45) is 0.640. The Labute approximate surface area is 218 Å². The molecule has 11 heteroatoms. The Morgan fingerprint density at radius 2 is 1.68 bits per heavy atom. The molecule has 34 heavy (non-hydrogen) atoms. The molecule has 1 aliphatic heterocycles. The highest BCUT2D eigenvalue weighted by Gasteiger charge is 2.52. The molecule has 2 fully saturated rings. The van der Waals surface area contributed by atoms with Gasteiger partial charge in [-0.25, -0.2) is 4.79 Å². The topological polar surface area (TPSA) is 92.8 Å². The van der Waals surface area contributed by atoms with E-state index in [1.165, 1.54) is 18.2 Å². The first-order chi connectivity index (χ1) is 16.2. The molecule has 0 bridgehead atoms. The van der Waals surface area contributed by atoms with Crippen LogP contribution >= 0.6 is 50.7 Å². The Kier molecular flexibility index (Phi) is 7.52. The van der Waals surface area contributed by atoms with Crippen molar-refractivity contribution in [1.29, 1.82) is 0 Å². The summed E-state index contributed by atoms with van der Waals surface area (Å²) in [5, 5.41) is 2.10. The SMILES string of the molecule is O=C(COC(=O)c1cccc(N2C(=O)[C@@H]3C[C@@H](Cl)[C@@H](Cl)C[C@H]3C2=O)c1)Nc1ccc(Br)cc1Cl. The van der Waals surface area contributed by atoms with Gasteiger partial charge in [-0.05, 0) is 49.2 Å². The molecule has 1 heterocycles. The number of halogens is 4. The molecule has 4 rings (SSSR count). The van der Waals surface area contributed by atoms with Crippen molar-refractivity contribution < 1.29 is 23.9 Å². The molecule has 3 amide bonds. The van der Waals surface area contributed by atoms with Gasteiger partial charge in [-0.2, -0.15) is 0 Å². The average molecular weight is 589 g/mol. The monoisotopic (exact) mass is 586 g/mol. The van der Waals surface area contributed by atoms with E-state index < -0.39 is 30.3 Å². The van der Waals surface area contributed by atoms with Crippen LogP contribution in [0.3, 0.4) is 0 Å². The molecule has 0 unspecified atom stereocenters. The molecule has 178 valence electrons. The molecule has 2 aromatic rings. The predicted octanol–water partition coefficient (Wildman–Crippen LogP) is 5.01. The lowest BCUT2D eigenvalue weighted by molar-refractivity contribution is -0.122. The number of carbonyl (C=O) groups excluding carboxylic acids is 4. The number of nitrogens with one attached hydrogen (secondary N) is 1. The highest BCUT2D eigenvalue weighted by Crippen LogP contribution is 2.43. The van der Waals surface area contributed by atoms with Gasteiger partial charge in [0.25, 0.3) is 5.91 Å². The summed E-state index contributed by atoms with van der Waals surface area (Å²) < 4.78 is 5.84. The number of imide groups is 1. The maximum Gasteiger partial charge on any atom is 0.338 e. The van der Waals surface area contributed by atoms with Gasteiger partial charge in [-0.15, -0.1) is 23.2 Å². The molecule has 0 spiro atoms. The second-order valence-corrected chi connectivity index (χ2v) is 10.5. The van der Waals surface area contributed by atoms with E-state index >= 15 is 0 Å². The zero-order chi connectivity index (χ0) is 24.6. The summed E-state index contributed by atoms with van der Waals surface area (Å²) in [5.74, 6) is -3.14. The number of fused-ring (bicyclic) bond motifs is 1. The second-order valence-electron chi connectivity index (χ2n) is 8.03.